The number of ether oxygens (including phenoxy) is 1. The van der Waals surface area contributed by atoms with E-state index in [0.717, 1.165) is 10.4 Å². The molecule has 1 aromatic carbocycles. The number of hydrogen-bond donors (Lipinski definition) is 2. The number of aryl methyl sites for hydroxylation is 1. The van der Waals surface area contributed by atoms with E-state index in [2.05, 4.69) is 15.0 Å². The number of amides is 1. The number of aromatic nitrogens is 1. The number of alkyl halides is 2. The first-order valence-electron chi connectivity index (χ1n) is 7.02. The Balaban J connectivity index is 2.09. The maximum Gasteiger partial charge on any atom is 0.387 e. The molecule has 0 radical (unpaired) electrons. The number of rotatable bonds is 7. The van der Waals surface area contributed by atoms with Gasteiger partial charge in [0.15, 0.2) is 5.13 Å². The summed E-state index contributed by atoms with van der Waals surface area (Å²) >= 11 is 1.36. The van der Waals surface area contributed by atoms with E-state index >= 15 is 0 Å². The molecule has 0 aliphatic rings. The van der Waals surface area contributed by atoms with Crippen molar-refractivity contribution in [3.05, 3.63) is 29.1 Å². The van der Waals surface area contributed by atoms with Gasteiger partial charge in [-0.05, 0) is 44.2 Å². The zero-order chi connectivity index (χ0) is 16.8. The third kappa shape index (κ3) is 4.97. The number of thiazole rings is 1. The van der Waals surface area contributed by atoms with Gasteiger partial charge in [0.05, 0.1) is 5.69 Å². The molecule has 0 aliphatic carbocycles. The standard InChI is InChI=1S/C15H17F2N3O2S/c1-9-13(10-4-6-11(7-5-10)22-14(16)17)20-15(23-9)19-12(21)3-2-8-18/h4-7,14H,2-3,8,18H2,1H3,(H,19,20,21). The van der Waals surface area contributed by atoms with E-state index in [-0.39, 0.29) is 11.7 Å². The average Bonchev–Trinajstić information content (AvgIpc) is 2.86. The van der Waals surface area contributed by atoms with E-state index in [4.69, 9.17) is 5.73 Å². The van der Waals surface area contributed by atoms with Crippen LogP contribution in [0.5, 0.6) is 5.75 Å². The van der Waals surface area contributed by atoms with E-state index in [1.54, 1.807) is 12.1 Å². The molecule has 8 heteroatoms. The van der Waals surface area contributed by atoms with E-state index in [0.29, 0.717) is 30.2 Å². The number of benzene rings is 1. The molecular weight excluding hydrogens is 324 g/mol. The first-order chi connectivity index (χ1) is 11.0. The second-order valence-electron chi connectivity index (χ2n) is 4.77. The number of nitrogens with one attached hydrogen (secondary N) is 1. The monoisotopic (exact) mass is 341 g/mol. The van der Waals surface area contributed by atoms with Gasteiger partial charge in [0.25, 0.3) is 0 Å². The highest BCUT2D eigenvalue weighted by atomic mass is 32.1. The fraction of sp³-hybridized carbons (Fsp3) is 0.333. The topological polar surface area (TPSA) is 77.2 Å². The summed E-state index contributed by atoms with van der Waals surface area (Å²) < 4.78 is 28.6. The first kappa shape index (κ1) is 17.3. The highest BCUT2D eigenvalue weighted by molar-refractivity contribution is 7.16. The molecule has 23 heavy (non-hydrogen) atoms. The quantitative estimate of drug-likeness (QED) is 0.809. The largest absolute Gasteiger partial charge is 0.435 e. The van der Waals surface area contributed by atoms with Crippen molar-refractivity contribution in [1.29, 1.82) is 0 Å². The van der Waals surface area contributed by atoms with Crippen LogP contribution < -0.4 is 15.8 Å². The van der Waals surface area contributed by atoms with Crippen molar-refractivity contribution in [3.8, 4) is 17.0 Å². The van der Waals surface area contributed by atoms with Crippen LogP contribution in [-0.4, -0.2) is 24.0 Å². The van der Waals surface area contributed by atoms with Crippen molar-refractivity contribution < 1.29 is 18.3 Å². The van der Waals surface area contributed by atoms with Crippen LogP contribution in [0.15, 0.2) is 24.3 Å². The summed E-state index contributed by atoms with van der Waals surface area (Å²) in [5.41, 5.74) is 6.83. The Bertz CT molecular complexity index is 659. The Labute approximate surface area is 136 Å². The van der Waals surface area contributed by atoms with Crippen LogP contribution in [-0.2, 0) is 4.79 Å². The van der Waals surface area contributed by atoms with Crippen molar-refractivity contribution in [3.63, 3.8) is 0 Å². The van der Waals surface area contributed by atoms with Crippen LogP contribution in [0, 0.1) is 6.92 Å². The van der Waals surface area contributed by atoms with Crippen LogP contribution in [0.3, 0.4) is 0 Å². The first-order valence-corrected chi connectivity index (χ1v) is 7.84. The molecule has 0 spiro atoms. The van der Waals surface area contributed by atoms with Gasteiger partial charge in [-0.1, -0.05) is 0 Å². The lowest BCUT2D eigenvalue weighted by atomic mass is 10.1. The molecule has 3 N–H and O–H groups in total. The molecule has 2 rings (SSSR count). The maximum absolute atomic E-state index is 12.1. The van der Waals surface area contributed by atoms with Crippen LogP contribution in [0.25, 0.3) is 11.3 Å². The Kier molecular flexibility index (Phi) is 6.00. The SMILES string of the molecule is Cc1sc(NC(=O)CCCN)nc1-c1ccc(OC(F)F)cc1. The summed E-state index contributed by atoms with van der Waals surface area (Å²) in [5, 5.41) is 3.24. The van der Waals surface area contributed by atoms with Gasteiger partial charge < -0.3 is 15.8 Å². The van der Waals surface area contributed by atoms with Gasteiger partial charge in [0.1, 0.15) is 5.75 Å². The zero-order valence-electron chi connectivity index (χ0n) is 12.5. The number of nitrogens with two attached hydrogens (primary N) is 1. The smallest absolute Gasteiger partial charge is 0.387 e. The Hall–Kier alpha value is -2.06. The molecule has 2 aromatic rings. The van der Waals surface area contributed by atoms with E-state index in [1.807, 2.05) is 6.92 Å². The Morgan fingerprint density at radius 1 is 1.39 bits per heavy atom. The van der Waals surface area contributed by atoms with Gasteiger partial charge in [0.2, 0.25) is 5.91 Å². The number of carbonyl (C=O) groups is 1. The molecule has 1 heterocycles. The minimum Gasteiger partial charge on any atom is -0.435 e. The number of hydrogen-bond acceptors (Lipinski definition) is 5. The van der Waals surface area contributed by atoms with Crippen LogP contribution in [0.2, 0.25) is 0 Å². The molecule has 0 saturated carbocycles. The predicted molar refractivity (Wildman–Crippen MR) is 85.8 cm³/mol. The van der Waals surface area contributed by atoms with Crippen molar-refractivity contribution in [2.45, 2.75) is 26.4 Å². The van der Waals surface area contributed by atoms with Crippen LogP contribution in [0.1, 0.15) is 17.7 Å². The molecule has 1 amide bonds. The van der Waals surface area contributed by atoms with Gasteiger partial charge in [-0.3, -0.25) is 4.79 Å². The number of halogens is 2. The highest BCUT2D eigenvalue weighted by Crippen LogP contribution is 2.31. The van der Waals surface area contributed by atoms with E-state index < -0.39 is 6.61 Å². The summed E-state index contributed by atoms with van der Waals surface area (Å²) in [5.74, 6) is -0.0385. The minimum absolute atomic E-state index is 0.0898. The summed E-state index contributed by atoms with van der Waals surface area (Å²) in [7, 11) is 0. The van der Waals surface area contributed by atoms with Gasteiger partial charge >= 0.3 is 6.61 Å². The fourth-order valence-corrected chi connectivity index (χ4v) is 2.81. The summed E-state index contributed by atoms with van der Waals surface area (Å²) in [4.78, 5) is 17.0. The zero-order valence-corrected chi connectivity index (χ0v) is 13.3. The lowest BCUT2D eigenvalue weighted by Crippen LogP contribution is -2.13. The molecule has 0 bridgehead atoms. The van der Waals surface area contributed by atoms with Crippen molar-refractivity contribution in [2.75, 3.05) is 11.9 Å². The third-order valence-corrected chi connectivity index (χ3v) is 3.89. The second-order valence-corrected chi connectivity index (χ2v) is 5.97. The molecule has 1 aromatic heterocycles. The molecule has 0 unspecified atom stereocenters. The molecule has 124 valence electrons. The lowest BCUT2D eigenvalue weighted by molar-refractivity contribution is -0.116. The van der Waals surface area contributed by atoms with Gasteiger partial charge in [-0.2, -0.15) is 8.78 Å². The Morgan fingerprint density at radius 2 is 2.09 bits per heavy atom. The average molecular weight is 341 g/mol. The normalized spacial score (nSPS) is 10.8. The number of carbonyl (C=O) groups excluding carboxylic acids is 1. The minimum atomic E-state index is -2.85. The summed E-state index contributed by atoms with van der Waals surface area (Å²) in [6.45, 7) is -0.508. The molecule has 5 nitrogen and oxygen atoms in total. The predicted octanol–water partition coefficient (Wildman–Crippen LogP) is 3.40. The molecule has 0 fully saturated rings. The molecule has 0 aliphatic heterocycles. The molecular formula is C15H17F2N3O2S. The van der Waals surface area contributed by atoms with Crippen LogP contribution >= 0.6 is 11.3 Å². The highest BCUT2D eigenvalue weighted by Gasteiger charge is 2.12. The van der Waals surface area contributed by atoms with Crippen LogP contribution in [0.4, 0.5) is 13.9 Å². The second kappa shape index (κ2) is 7.98. The number of nitrogens with zero attached hydrogens (tertiary/aromatic N) is 1. The number of anilines is 1. The van der Waals surface area contributed by atoms with Gasteiger partial charge in [-0.15, -0.1) is 11.3 Å². The summed E-state index contributed by atoms with van der Waals surface area (Å²) in [6, 6.07) is 6.22. The third-order valence-electron chi connectivity index (χ3n) is 3.00. The molecule has 0 saturated heterocycles. The lowest BCUT2D eigenvalue weighted by Gasteiger charge is -2.05. The molecule has 0 atom stereocenters. The maximum atomic E-state index is 12.1. The van der Waals surface area contributed by atoms with Crippen molar-refractivity contribution in [1.82, 2.24) is 4.98 Å². The van der Waals surface area contributed by atoms with Gasteiger partial charge in [0, 0.05) is 16.9 Å². The fourth-order valence-electron chi connectivity index (χ4n) is 1.96. The summed E-state index contributed by atoms with van der Waals surface area (Å²) in [6.07, 6.45) is 0.971. The van der Waals surface area contributed by atoms with Crippen molar-refractivity contribution >= 4 is 22.4 Å². The van der Waals surface area contributed by atoms with E-state index in [9.17, 15) is 13.6 Å². The Morgan fingerprint density at radius 3 is 2.70 bits per heavy atom. The van der Waals surface area contributed by atoms with Crippen molar-refractivity contribution in [2.24, 2.45) is 5.73 Å². The van der Waals surface area contributed by atoms with E-state index in [1.165, 1.54) is 23.5 Å². The van der Waals surface area contributed by atoms with Gasteiger partial charge in [-0.25, -0.2) is 4.98 Å².